The first-order valence-electron chi connectivity index (χ1n) is 6.25. The van der Waals surface area contributed by atoms with Gasteiger partial charge in [-0.15, -0.1) is 0 Å². The van der Waals surface area contributed by atoms with E-state index in [1.54, 1.807) is 0 Å². The highest BCUT2D eigenvalue weighted by atomic mass is 15.0. The van der Waals surface area contributed by atoms with Gasteiger partial charge >= 0.3 is 0 Å². The van der Waals surface area contributed by atoms with Gasteiger partial charge in [-0.2, -0.15) is 0 Å². The van der Waals surface area contributed by atoms with Crippen LogP contribution in [0.3, 0.4) is 0 Å². The van der Waals surface area contributed by atoms with E-state index >= 15 is 0 Å². The summed E-state index contributed by atoms with van der Waals surface area (Å²) < 4.78 is 0. The lowest BCUT2D eigenvalue weighted by Crippen LogP contribution is -2.33. The Bertz CT molecular complexity index is 104. The molecule has 0 saturated carbocycles. The first kappa shape index (κ1) is 13.9. The Balaban J connectivity index is 2.92. The minimum absolute atomic E-state index is 0.664. The Labute approximate surface area is 89.9 Å². The molecule has 86 valence electrons. The highest BCUT2D eigenvalue weighted by molar-refractivity contribution is 4.58. The number of hydrogen-bond acceptors (Lipinski definition) is 2. The molecule has 2 heteroatoms. The van der Waals surface area contributed by atoms with Gasteiger partial charge in [0, 0.05) is 19.1 Å². The fourth-order valence-corrected chi connectivity index (χ4v) is 1.35. The van der Waals surface area contributed by atoms with E-state index in [0.717, 1.165) is 13.1 Å². The molecule has 0 rings (SSSR count). The van der Waals surface area contributed by atoms with Crippen LogP contribution in [0.25, 0.3) is 0 Å². The van der Waals surface area contributed by atoms with Gasteiger partial charge in [-0.25, -0.2) is 0 Å². The standard InChI is InChI=1S/C12H28N2/c1-4-6-7-8-9-13-10-11-14-12(3)5-2/h12-14H,4-11H2,1-3H3. The average Bonchev–Trinajstić information content (AvgIpc) is 2.21. The second-order valence-corrected chi connectivity index (χ2v) is 4.07. The van der Waals surface area contributed by atoms with Crippen molar-refractivity contribution in [3.63, 3.8) is 0 Å². The Morgan fingerprint density at radius 2 is 1.71 bits per heavy atom. The number of hydrogen-bond donors (Lipinski definition) is 2. The summed E-state index contributed by atoms with van der Waals surface area (Å²) in [4.78, 5) is 0. The highest BCUT2D eigenvalue weighted by Gasteiger charge is 1.95. The summed E-state index contributed by atoms with van der Waals surface area (Å²) in [5, 5.41) is 6.93. The quantitative estimate of drug-likeness (QED) is 0.530. The van der Waals surface area contributed by atoms with Crippen molar-refractivity contribution in [2.45, 2.75) is 58.9 Å². The molecule has 1 unspecified atom stereocenters. The zero-order valence-electron chi connectivity index (χ0n) is 10.2. The van der Waals surface area contributed by atoms with Crippen molar-refractivity contribution in [2.75, 3.05) is 19.6 Å². The van der Waals surface area contributed by atoms with Gasteiger partial charge in [-0.05, 0) is 26.3 Å². The van der Waals surface area contributed by atoms with Gasteiger partial charge in [0.2, 0.25) is 0 Å². The third-order valence-electron chi connectivity index (χ3n) is 2.61. The van der Waals surface area contributed by atoms with Crippen LogP contribution in [0.5, 0.6) is 0 Å². The van der Waals surface area contributed by atoms with Gasteiger partial charge in [0.15, 0.2) is 0 Å². The Hall–Kier alpha value is -0.0800. The van der Waals surface area contributed by atoms with Crippen LogP contribution in [-0.4, -0.2) is 25.7 Å². The Morgan fingerprint density at radius 3 is 2.36 bits per heavy atom. The van der Waals surface area contributed by atoms with Crippen LogP contribution in [-0.2, 0) is 0 Å². The topological polar surface area (TPSA) is 24.1 Å². The van der Waals surface area contributed by atoms with Crippen LogP contribution in [0, 0.1) is 0 Å². The summed E-state index contributed by atoms with van der Waals surface area (Å²) in [6.07, 6.45) is 6.64. The van der Waals surface area contributed by atoms with E-state index in [-0.39, 0.29) is 0 Å². The molecule has 0 aliphatic rings. The van der Waals surface area contributed by atoms with E-state index in [9.17, 15) is 0 Å². The van der Waals surface area contributed by atoms with E-state index in [1.807, 2.05) is 0 Å². The lowest BCUT2D eigenvalue weighted by molar-refractivity contribution is 0.510. The molecule has 0 bridgehead atoms. The molecule has 0 amide bonds. The number of unbranched alkanes of at least 4 members (excludes halogenated alkanes) is 3. The predicted octanol–water partition coefficient (Wildman–Crippen LogP) is 2.54. The van der Waals surface area contributed by atoms with Gasteiger partial charge < -0.3 is 10.6 Å². The van der Waals surface area contributed by atoms with Gasteiger partial charge in [-0.1, -0.05) is 33.1 Å². The third kappa shape index (κ3) is 10.0. The van der Waals surface area contributed by atoms with E-state index in [2.05, 4.69) is 31.4 Å². The van der Waals surface area contributed by atoms with Gasteiger partial charge in [-0.3, -0.25) is 0 Å². The maximum Gasteiger partial charge on any atom is 0.00792 e. The molecule has 0 spiro atoms. The monoisotopic (exact) mass is 200 g/mol. The molecule has 0 aliphatic carbocycles. The van der Waals surface area contributed by atoms with Crippen LogP contribution in [0.15, 0.2) is 0 Å². The second-order valence-electron chi connectivity index (χ2n) is 4.07. The SMILES string of the molecule is CCCCCCNCCNC(C)CC. The second kappa shape index (κ2) is 11.0. The van der Waals surface area contributed by atoms with Crippen molar-refractivity contribution in [1.82, 2.24) is 10.6 Å². The molecule has 0 aromatic heterocycles. The van der Waals surface area contributed by atoms with E-state index in [1.165, 1.54) is 38.6 Å². The smallest absolute Gasteiger partial charge is 0.00792 e. The zero-order chi connectivity index (χ0) is 10.6. The zero-order valence-corrected chi connectivity index (χ0v) is 10.2. The summed E-state index contributed by atoms with van der Waals surface area (Å²) in [6, 6.07) is 0.664. The average molecular weight is 200 g/mol. The Morgan fingerprint density at radius 1 is 0.929 bits per heavy atom. The summed E-state index contributed by atoms with van der Waals surface area (Å²) in [5.74, 6) is 0. The minimum Gasteiger partial charge on any atom is -0.315 e. The fraction of sp³-hybridized carbons (Fsp3) is 1.00. The molecule has 2 nitrogen and oxygen atoms in total. The van der Waals surface area contributed by atoms with Crippen LogP contribution in [0.1, 0.15) is 52.9 Å². The molecular weight excluding hydrogens is 172 g/mol. The fourth-order valence-electron chi connectivity index (χ4n) is 1.35. The first-order valence-corrected chi connectivity index (χ1v) is 6.25. The molecule has 14 heavy (non-hydrogen) atoms. The number of nitrogens with one attached hydrogen (secondary N) is 2. The van der Waals surface area contributed by atoms with Crippen LogP contribution in [0.4, 0.5) is 0 Å². The molecule has 2 N–H and O–H groups in total. The van der Waals surface area contributed by atoms with Crippen molar-refractivity contribution in [3.05, 3.63) is 0 Å². The third-order valence-corrected chi connectivity index (χ3v) is 2.61. The Kier molecular flexibility index (Phi) is 10.9. The van der Waals surface area contributed by atoms with Crippen molar-refractivity contribution < 1.29 is 0 Å². The van der Waals surface area contributed by atoms with E-state index in [0.29, 0.717) is 6.04 Å². The number of rotatable bonds is 10. The van der Waals surface area contributed by atoms with Crippen LogP contribution in [0.2, 0.25) is 0 Å². The summed E-state index contributed by atoms with van der Waals surface area (Å²) in [6.45, 7) is 10.1. The maximum atomic E-state index is 3.47. The molecular formula is C12H28N2. The first-order chi connectivity index (χ1) is 6.81. The molecule has 0 fully saturated rings. The van der Waals surface area contributed by atoms with Crippen LogP contribution >= 0.6 is 0 Å². The largest absolute Gasteiger partial charge is 0.315 e. The lowest BCUT2D eigenvalue weighted by Gasteiger charge is -2.11. The van der Waals surface area contributed by atoms with Gasteiger partial charge in [0.05, 0.1) is 0 Å². The molecule has 0 aliphatic heterocycles. The predicted molar refractivity (Wildman–Crippen MR) is 64.8 cm³/mol. The van der Waals surface area contributed by atoms with E-state index in [4.69, 9.17) is 0 Å². The summed E-state index contributed by atoms with van der Waals surface area (Å²) in [5.41, 5.74) is 0. The molecule has 0 saturated heterocycles. The van der Waals surface area contributed by atoms with Crippen molar-refractivity contribution in [3.8, 4) is 0 Å². The van der Waals surface area contributed by atoms with E-state index < -0.39 is 0 Å². The van der Waals surface area contributed by atoms with Crippen LogP contribution < -0.4 is 10.6 Å². The maximum absolute atomic E-state index is 3.47. The van der Waals surface area contributed by atoms with Gasteiger partial charge in [0.25, 0.3) is 0 Å². The highest BCUT2D eigenvalue weighted by Crippen LogP contribution is 1.96. The molecule has 1 atom stereocenters. The van der Waals surface area contributed by atoms with Gasteiger partial charge in [0.1, 0.15) is 0 Å². The lowest BCUT2D eigenvalue weighted by atomic mass is 10.2. The molecule has 0 aromatic rings. The molecule has 0 radical (unpaired) electrons. The molecule has 0 aromatic carbocycles. The van der Waals surface area contributed by atoms with Crippen molar-refractivity contribution >= 4 is 0 Å². The molecule has 0 heterocycles. The minimum atomic E-state index is 0.664. The summed E-state index contributed by atoms with van der Waals surface area (Å²) in [7, 11) is 0. The van der Waals surface area contributed by atoms with Crippen molar-refractivity contribution in [1.29, 1.82) is 0 Å². The van der Waals surface area contributed by atoms with Crippen molar-refractivity contribution in [2.24, 2.45) is 0 Å². The normalized spacial score (nSPS) is 13.1. The summed E-state index contributed by atoms with van der Waals surface area (Å²) >= 11 is 0.